The first-order chi connectivity index (χ1) is 7.99. The van der Waals surface area contributed by atoms with Gasteiger partial charge in [0, 0.05) is 18.7 Å². The van der Waals surface area contributed by atoms with Gasteiger partial charge in [-0.3, -0.25) is 4.79 Å². The predicted molar refractivity (Wildman–Crippen MR) is 67.8 cm³/mol. The SMILES string of the molecule is C[C@@H](O)CNC(=O)c1ccc(CN(C)C)cc1. The Kier molecular flexibility index (Phi) is 5.12. The van der Waals surface area contributed by atoms with Crippen molar-refractivity contribution in [1.29, 1.82) is 0 Å². The zero-order chi connectivity index (χ0) is 12.8. The molecule has 1 aromatic carbocycles. The van der Waals surface area contributed by atoms with Gasteiger partial charge in [0.15, 0.2) is 0 Å². The van der Waals surface area contributed by atoms with Gasteiger partial charge in [0.1, 0.15) is 0 Å². The molecule has 4 heteroatoms. The Morgan fingerprint density at radius 3 is 2.41 bits per heavy atom. The van der Waals surface area contributed by atoms with Crippen LogP contribution in [0.15, 0.2) is 24.3 Å². The van der Waals surface area contributed by atoms with Crippen molar-refractivity contribution in [3.05, 3.63) is 35.4 Å². The molecular formula is C13H20N2O2. The van der Waals surface area contributed by atoms with Crippen LogP contribution in [-0.2, 0) is 6.54 Å². The Morgan fingerprint density at radius 1 is 1.35 bits per heavy atom. The topological polar surface area (TPSA) is 52.6 Å². The first-order valence-electron chi connectivity index (χ1n) is 5.69. The third-order valence-electron chi connectivity index (χ3n) is 2.27. The van der Waals surface area contributed by atoms with E-state index in [2.05, 4.69) is 10.2 Å². The van der Waals surface area contributed by atoms with Crippen LogP contribution < -0.4 is 5.32 Å². The lowest BCUT2D eigenvalue weighted by Gasteiger charge is -2.10. The molecule has 0 aliphatic rings. The van der Waals surface area contributed by atoms with E-state index in [0.29, 0.717) is 5.56 Å². The van der Waals surface area contributed by atoms with Crippen LogP contribution in [-0.4, -0.2) is 42.7 Å². The first kappa shape index (κ1) is 13.7. The van der Waals surface area contributed by atoms with Gasteiger partial charge in [0.2, 0.25) is 0 Å². The molecule has 1 atom stereocenters. The highest BCUT2D eigenvalue weighted by atomic mass is 16.3. The number of nitrogens with one attached hydrogen (secondary N) is 1. The number of carbonyl (C=O) groups is 1. The number of nitrogens with zero attached hydrogens (tertiary/aromatic N) is 1. The second-order valence-corrected chi connectivity index (χ2v) is 4.49. The Hall–Kier alpha value is -1.39. The number of hydrogen-bond acceptors (Lipinski definition) is 3. The summed E-state index contributed by atoms with van der Waals surface area (Å²) in [7, 11) is 4.01. The van der Waals surface area contributed by atoms with Crippen molar-refractivity contribution in [1.82, 2.24) is 10.2 Å². The molecule has 2 N–H and O–H groups in total. The molecular weight excluding hydrogens is 216 g/mol. The number of carbonyl (C=O) groups excluding carboxylic acids is 1. The number of aliphatic hydroxyl groups excluding tert-OH is 1. The molecule has 4 nitrogen and oxygen atoms in total. The van der Waals surface area contributed by atoms with Crippen molar-refractivity contribution in [3.63, 3.8) is 0 Å². The lowest BCUT2D eigenvalue weighted by Crippen LogP contribution is -2.30. The van der Waals surface area contributed by atoms with E-state index in [1.807, 2.05) is 26.2 Å². The smallest absolute Gasteiger partial charge is 0.251 e. The highest BCUT2D eigenvalue weighted by Crippen LogP contribution is 2.06. The Balaban J connectivity index is 2.57. The van der Waals surface area contributed by atoms with Crippen LogP contribution in [0.4, 0.5) is 0 Å². The fourth-order valence-corrected chi connectivity index (χ4v) is 1.47. The lowest BCUT2D eigenvalue weighted by molar-refractivity contribution is 0.0924. The second-order valence-electron chi connectivity index (χ2n) is 4.49. The van der Waals surface area contributed by atoms with E-state index in [0.717, 1.165) is 6.54 Å². The standard InChI is InChI=1S/C13H20N2O2/c1-10(16)8-14-13(17)12-6-4-11(5-7-12)9-15(2)3/h4-7,10,16H,8-9H2,1-3H3,(H,14,17)/t10-/m1/s1. The molecule has 0 saturated carbocycles. The average molecular weight is 236 g/mol. The molecule has 0 radical (unpaired) electrons. The summed E-state index contributed by atoms with van der Waals surface area (Å²) in [5.41, 5.74) is 1.79. The van der Waals surface area contributed by atoms with Crippen molar-refractivity contribution in [3.8, 4) is 0 Å². The molecule has 0 spiro atoms. The van der Waals surface area contributed by atoms with Crippen molar-refractivity contribution >= 4 is 5.91 Å². The molecule has 0 saturated heterocycles. The van der Waals surface area contributed by atoms with E-state index < -0.39 is 6.10 Å². The first-order valence-corrected chi connectivity index (χ1v) is 5.69. The minimum Gasteiger partial charge on any atom is -0.392 e. The number of amides is 1. The van der Waals surface area contributed by atoms with Crippen LogP contribution in [0.5, 0.6) is 0 Å². The van der Waals surface area contributed by atoms with Crippen LogP contribution in [0.1, 0.15) is 22.8 Å². The minimum atomic E-state index is -0.521. The second kappa shape index (κ2) is 6.37. The van der Waals surface area contributed by atoms with Gasteiger partial charge in [-0.25, -0.2) is 0 Å². The van der Waals surface area contributed by atoms with Gasteiger partial charge in [-0.1, -0.05) is 12.1 Å². The maximum absolute atomic E-state index is 11.6. The highest BCUT2D eigenvalue weighted by Gasteiger charge is 2.06. The predicted octanol–water partition coefficient (Wildman–Crippen LogP) is 0.859. The van der Waals surface area contributed by atoms with Crippen LogP contribution >= 0.6 is 0 Å². The molecule has 0 aliphatic heterocycles. The summed E-state index contributed by atoms with van der Waals surface area (Å²) in [5.74, 6) is -0.151. The zero-order valence-corrected chi connectivity index (χ0v) is 10.6. The van der Waals surface area contributed by atoms with Gasteiger partial charge in [-0.05, 0) is 38.7 Å². The van der Waals surface area contributed by atoms with Crippen molar-refractivity contribution in [2.24, 2.45) is 0 Å². The average Bonchev–Trinajstić information content (AvgIpc) is 2.26. The van der Waals surface area contributed by atoms with Gasteiger partial charge >= 0.3 is 0 Å². The largest absolute Gasteiger partial charge is 0.392 e. The van der Waals surface area contributed by atoms with E-state index in [1.165, 1.54) is 5.56 Å². The van der Waals surface area contributed by atoms with Crippen LogP contribution in [0.3, 0.4) is 0 Å². The molecule has 0 aliphatic carbocycles. The summed E-state index contributed by atoms with van der Waals surface area (Å²) in [6.45, 7) is 2.77. The third kappa shape index (κ3) is 4.97. The summed E-state index contributed by atoms with van der Waals surface area (Å²) in [4.78, 5) is 13.7. The summed E-state index contributed by atoms with van der Waals surface area (Å²) < 4.78 is 0. The van der Waals surface area contributed by atoms with Crippen LogP contribution in [0.2, 0.25) is 0 Å². The van der Waals surface area contributed by atoms with Gasteiger partial charge in [-0.2, -0.15) is 0 Å². The van der Waals surface area contributed by atoms with Crippen LogP contribution in [0, 0.1) is 0 Å². The summed E-state index contributed by atoms with van der Waals surface area (Å²) >= 11 is 0. The van der Waals surface area contributed by atoms with E-state index in [1.54, 1.807) is 19.1 Å². The Labute approximate surface area is 102 Å². The molecule has 0 unspecified atom stereocenters. The van der Waals surface area contributed by atoms with Gasteiger partial charge in [0.05, 0.1) is 6.10 Å². The van der Waals surface area contributed by atoms with Gasteiger partial charge in [-0.15, -0.1) is 0 Å². The molecule has 0 heterocycles. The molecule has 0 bridgehead atoms. The fraction of sp³-hybridized carbons (Fsp3) is 0.462. The van der Waals surface area contributed by atoms with Crippen LogP contribution in [0.25, 0.3) is 0 Å². The van der Waals surface area contributed by atoms with Crippen molar-refractivity contribution in [2.75, 3.05) is 20.6 Å². The quantitative estimate of drug-likeness (QED) is 0.797. The van der Waals surface area contributed by atoms with E-state index >= 15 is 0 Å². The third-order valence-corrected chi connectivity index (χ3v) is 2.27. The summed E-state index contributed by atoms with van der Waals surface area (Å²) in [5, 5.41) is 11.7. The highest BCUT2D eigenvalue weighted by molar-refractivity contribution is 5.94. The molecule has 0 fully saturated rings. The van der Waals surface area contributed by atoms with Gasteiger partial charge in [0.25, 0.3) is 5.91 Å². The summed E-state index contributed by atoms with van der Waals surface area (Å²) in [6.07, 6.45) is -0.521. The summed E-state index contributed by atoms with van der Waals surface area (Å²) in [6, 6.07) is 7.49. The Bertz CT molecular complexity index is 358. The number of benzene rings is 1. The lowest BCUT2D eigenvalue weighted by atomic mass is 10.1. The Morgan fingerprint density at radius 2 is 1.94 bits per heavy atom. The van der Waals surface area contributed by atoms with E-state index in [4.69, 9.17) is 5.11 Å². The number of aliphatic hydroxyl groups is 1. The number of rotatable bonds is 5. The molecule has 1 amide bonds. The molecule has 94 valence electrons. The maximum atomic E-state index is 11.6. The zero-order valence-electron chi connectivity index (χ0n) is 10.6. The molecule has 0 aromatic heterocycles. The van der Waals surface area contributed by atoms with E-state index in [9.17, 15) is 4.79 Å². The minimum absolute atomic E-state index is 0.151. The fourth-order valence-electron chi connectivity index (χ4n) is 1.47. The molecule has 17 heavy (non-hydrogen) atoms. The van der Waals surface area contributed by atoms with Crippen molar-refractivity contribution < 1.29 is 9.90 Å². The normalized spacial score (nSPS) is 12.5. The number of hydrogen-bond donors (Lipinski definition) is 2. The van der Waals surface area contributed by atoms with E-state index in [-0.39, 0.29) is 12.5 Å². The maximum Gasteiger partial charge on any atom is 0.251 e. The van der Waals surface area contributed by atoms with Gasteiger partial charge < -0.3 is 15.3 Å². The monoisotopic (exact) mass is 236 g/mol. The van der Waals surface area contributed by atoms with Crippen molar-refractivity contribution in [2.45, 2.75) is 19.6 Å². The molecule has 1 aromatic rings. The molecule has 1 rings (SSSR count).